The Balaban J connectivity index is 1.79. The van der Waals surface area contributed by atoms with Crippen LogP contribution in [0.4, 0.5) is 5.13 Å². The predicted molar refractivity (Wildman–Crippen MR) is 94.4 cm³/mol. The maximum Gasteiger partial charge on any atom is 0.257 e. The smallest absolute Gasteiger partial charge is 0.257 e. The third kappa shape index (κ3) is 3.65. The largest absolute Gasteiger partial charge is 0.298 e. The summed E-state index contributed by atoms with van der Waals surface area (Å²) in [4.78, 5) is 16.7. The minimum absolute atomic E-state index is 0.280. The number of carbonyl (C=O) groups is 1. The topological polar surface area (TPSA) is 65.8 Å². The summed E-state index contributed by atoms with van der Waals surface area (Å²) in [5, 5.41) is 14.1. The molecule has 0 radical (unpaired) electrons. The number of benzene rings is 2. The number of carbonyl (C=O) groups excluding carboxylic acids is 1. The summed E-state index contributed by atoms with van der Waals surface area (Å²) in [6.07, 6.45) is 0. The molecule has 3 aromatic rings. The molecule has 1 N–H and O–H groups in total. The molecule has 0 atom stereocenters. The number of hydrogen-bond donors (Lipinski definition) is 1. The van der Waals surface area contributed by atoms with Gasteiger partial charge >= 0.3 is 0 Å². The Bertz CT molecular complexity index is 914. The molecule has 0 aliphatic carbocycles. The van der Waals surface area contributed by atoms with Gasteiger partial charge in [-0.25, -0.2) is 4.98 Å². The Hall–Kier alpha value is -2.49. The monoisotopic (exact) mass is 383 g/mol. The van der Waals surface area contributed by atoms with Gasteiger partial charge in [-0.05, 0) is 30.3 Å². The fourth-order valence-corrected chi connectivity index (χ4v) is 3.12. The Kier molecular flexibility index (Phi) is 4.51. The van der Waals surface area contributed by atoms with Crippen LogP contribution in [0.25, 0.3) is 11.3 Å². The van der Waals surface area contributed by atoms with E-state index in [1.54, 1.807) is 24.3 Å². The Labute approximate surface area is 145 Å². The van der Waals surface area contributed by atoms with Crippen LogP contribution in [-0.2, 0) is 0 Å². The van der Waals surface area contributed by atoms with Crippen LogP contribution in [0, 0.1) is 11.3 Å². The molecule has 0 spiro atoms. The summed E-state index contributed by atoms with van der Waals surface area (Å²) in [6, 6.07) is 16.4. The number of thiazole rings is 1. The van der Waals surface area contributed by atoms with Gasteiger partial charge in [0, 0.05) is 21.0 Å². The summed E-state index contributed by atoms with van der Waals surface area (Å²) in [5.74, 6) is -0.280. The zero-order chi connectivity index (χ0) is 16.2. The first-order valence-electron chi connectivity index (χ1n) is 6.69. The summed E-state index contributed by atoms with van der Waals surface area (Å²) < 4.78 is 0.974. The van der Waals surface area contributed by atoms with Crippen LogP contribution in [0.3, 0.4) is 0 Å². The molecule has 0 bridgehead atoms. The second-order valence-corrected chi connectivity index (χ2v) is 6.47. The zero-order valence-corrected chi connectivity index (χ0v) is 14.2. The number of aromatic nitrogens is 1. The molecule has 0 aliphatic rings. The molecule has 112 valence electrons. The molecule has 0 fully saturated rings. The maximum absolute atomic E-state index is 12.2. The molecule has 0 unspecified atom stereocenters. The molecule has 1 heterocycles. The Morgan fingerprint density at radius 1 is 1.22 bits per heavy atom. The van der Waals surface area contributed by atoms with Crippen molar-refractivity contribution < 1.29 is 4.79 Å². The number of anilines is 1. The SMILES string of the molecule is N#Cc1cccc(C(=O)Nc2nc(-c3cccc(Br)c3)cs2)c1. The molecule has 0 aliphatic heterocycles. The van der Waals surface area contributed by atoms with Gasteiger partial charge in [0.25, 0.3) is 5.91 Å². The van der Waals surface area contributed by atoms with Crippen molar-refractivity contribution in [1.29, 1.82) is 5.26 Å². The van der Waals surface area contributed by atoms with E-state index in [0.717, 1.165) is 15.7 Å². The average Bonchev–Trinajstić information content (AvgIpc) is 3.03. The average molecular weight is 384 g/mol. The highest BCUT2D eigenvalue weighted by atomic mass is 79.9. The van der Waals surface area contributed by atoms with E-state index in [9.17, 15) is 4.79 Å². The number of rotatable bonds is 3. The van der Waals surface area contributed by atoms with Crippen molar-refractivity contribution in [2.45, 2.75) is 0 Å². The Morgan fingerprint density at radius 3 is 2.83 bits per heavy atom. The molecule has 23 heavy (non-hydrogen) atoms. The first-order valence-corrected chi connectivity index (χ1v) is 8.36. The van der Waals surface area contributed by atoms with Gasteiger partial charge < -0.3 is 0 Å². The van der Waals surface area contributed by atoms with Gasteiger partial charge in [-0.15, -0.1) is 11.3 Å². The van der Waals surface area contributed by atoms with Gasteiger partial charge in [0.2, 0.25) is 0 Å². The highest BCUT2D eigenvalue weighted by Crippen LogP contribution is 2.27. The van der Waals surface area contributed by atoms with Gasteiger partial charge in [-0.1, -0.05) is 34.1 Å². The van der Waals surface area contributed by atoms with Crippen LogP contribution in [0.15, 0.2) is 58.4 Å². The second kappa shape index (κ2) is 6.73. The quantitative estimate of drug-likeness (QED) is 0.712. The minimum atomic E-state index is -0.280. The van der Waals surface area contributed by atoms with Crippen molar-refractivity contribution in [2.75, 3.05) is 5.32 Å². The summed E-state index contributed by atoms with van der Waals surface area (Å²) in [5.41, 5.74) is 2.66. The number of hydrogen-bond acceptors (Lipinski definition) is 4. The number of nitrogens with zero attached hydrogens (tertiary/aromatic N) is 2. The van der Waals surface area contributed by atoms with Gasteiger partial charge in [-0.2, -0.15) is 5.26 Å². The number of amides is 1. The lowest BCUT2D eigenvalue weighted by Gasteiger charge is -2.02. The van der Waals surface area contributed by atoms with Crippen molar-refractivity contribution in [2.24, 2.45) is 0 Å². The zero-order valence-electron chi connectivity index (χ0n) is 11.8. The number of halogens is 1. The molecule has 0 saturated carbocycles. The van der Waals surface area contributed by atoms with E-state index in [-0.39, 0.29) is 5.91 Å². The second-order valence-electron chi connectivity index (χ2n) is 4.69. The fourth-order valence-electron chi connectivity index (χ4n) is 2.01. The summed E-state index contributed by atoms with van der Waals surface area (Å²) >= 11 is 4.79. The predicted octanol–water partition coefficient (Wildman–Crippen LogP) is 4.70. The van der Waals surface area contributed by atoms with E-state index < -0.39 is 0 Å². The lowest BCUT2D eigenvalue weighted by Crippen LogP contribution is -2.11. The molecule has 1 aromatic heterocycles. The standard InChI is InChI=1S/C17H10BrN3OS/c18-14-6-2-4-12(8-14)15-10-23-17(20-15)21-16(22)13-5-1-3-11(7-13)9-19/h1-8,10H,(H,20,21,22). The third-order valence-electron chi connectivity index (χ3n) is 3.10. The van der Waals surface area contributed by atoms with Gasteiger partial charge in [0.05, 0.1) is 17.3 Å². The van der Waals surface area contributed by atoms with Crippen molar-refractivity contribution in [3.63, 3.8) is 0 Å². The van der Waals surface area contributed by atoms with Crippen LogP contribution in [0.2, 0.25) is 0 Å². The van der Waals surface area contributed by atoms with Crippen LogP contribution in [0.1, 0.15) is 15.9 Å². The molecule has 2 aromatic carbocycles. The van der Waals surface area contributed by atoms with E-state index in [4.69, 9.17) is 5.26 Å². The van der Waals surface area contributed by atoms with Crippen molar-refractivity contribution in [1.82, 2.24) is 4.98 Å². The molecule has 1 amide bonds. The van der Waals surface area contributed by atoms with Gasteiger partial charge in [0.1, 0.15) is 0 Å². The van der Waals surface area contributed by atoms with Crippen molar-refractivity contribution >= 4 is 38.3 Å². The van der Waals surface area contributed by atoms with Crippen LogP contribution < -0.4 is 5.32 Å². The van der Waals surface area contributed by atoms with E-state index >= 15 is 0 Å². The molecular formula is C17H10BrN3OS. The van der Waals surface area contributed by atoms with Crippen LogP contribution in [-0.4, -0.2) is 10.9 Å². The van der Waals surface area contributed by atoms with Crippen LogP contribution in [0.5, 0.6) is 0 Å². The summed E-state index contributed by atoms with van der Waals surface area (Å²) in [6.45, 7) is 0. The summed E-state index contributed by atoms with van der Waals surface area (Å²) in [7, 11) is 0. The number of nitrogens with one attached hydrogen (secondary N) is 1. The van der Waals surface area contributed by atoms with Crippen molar-refractivity contribution in [3.8, 4) is 17.3 Å². The first-order chi connectivity index (χ1) is 11.2. The van der Waals surface area contributed by atoms with E-state index in [2.05, 4.69) is 26.2 Å². The van der Waals surface area contributed by atoms with Crippen LogP contribution >= 0.6 is 27.3 Å². The lowest BCUT2D eigenvalue weighted by molar-refractivity contribution is 0.102. The third-order valence-corrected chi connectivity index (χ3v) is 4.35. The van der Waals surface area contributed by atoms with Crippen molar-refractivity contribution in [3.05, 3.63) is 69.5 Å². The molecule has 4 nitrogen and oxygen atoms in total. The van der Waals surface area contributed by atoms with E-state index in [0.29, 0.717) is 16.3 Å². The van der Waals surface area contributed by atoms with Gasteiger partial charge in [0.15, 0.2) is 5.13 Å². The molecular weight excluding hydrogens is 374 g/mol. The maximum atomic E-state index is 12.2. The normalized spacial score (nSPS) is 10.1. The molecule has 3 rings (SSSR count). The Morgan fingerprint density at radius 2 is 2.04 bits per heavy atom. The highest BCUT2D eigenvalue weighted by molar-refractivity contribution is 9.10. The molecule has 0 saturated heterocycles. The van der Waals surface area contributed by atoms with E-state index in [1.807, 2.05) is 35.7 Å². The highest BCUT2D eigenvalue weighted by Gasteiger charge is 2.10. The fraction of sp³-hybridized carbons (Fsp3) is 0. The number of nitriles is 1. The van der Waals surface area contributed by atoms with Gasteiger partial charge in [-0.3, -0.25) is 10.1 Å². The lowest BCUT2D eigenvalue weighted by atomic mass is 10.1. The first kappa shape index (κ1) is 15.4. The van der Waals surface area contributed by atoms with E-state index in [1.165, 1.54) is 11.3 Å². The minimum Gasteiger partial charge on any atom is -0.298 e. The molecule has 6 heteroatoms.